The van der Waals surface area contributed by atoms with Gasteiger partial charge in [0.05, 0.1) is 10.6 Å². The minimum atomic E-state index is -0.613. The van der Waals surface area contributed by atoms with E-state index in [4.69, 9.17) is 23.2 Å². The molecule has 2 rings (SSSR count). The molecule has 0 aliphatic heterocycles. The highest BCUT2D eigenvalue weighted by Gasteiger charge is 2.15. The molecule has 108 valence electrons. The van der Waals surface area contributed by atoms with Crippen LogP contribution in [0.25, 0.3) is 0 Å². The minimum Gasteiger partial charge on any atom is -0.321 e. The maximum absolute atomic E-state index is 12.1. The van der Waals surface area contributed by atoms with Crippen LogP contribution in [0.15, 0.2) is 40.9 Å². The molecule has 0 fully saturated rings. The first-order valence-corrected chi connectivity index (χ1v) is 7.13. The lowest BCUT2D eigenvalue weighted by Gasteiger charge is -2.08. The monoisotopic (exact) mass is 388 g/mol. The molecule has 0 aliphatic carbocycles. The predicted octanol–water partition coefficient (Wildman–Crippen LogP) is 4.92. The zero-order valence-electron chi connectivity index (χ0n) is 10.3. The Labute approximate surface area is 138 Å². The lowest BCUT2D eigenvalue weighted by Crippen LogP contribution is -2.12. The van der Waals surface area contributed by atoms with Crippen LogP contribution in [0.4, 0.5) is 11.4 Å². The largest absolute Gasteiger partial charge is 0.321 e. The molecule has 0 atom stereocenters. The summed E-state index contributed by atoms with van der Waals surface area (Å²) in [4.78, 5) is 22.3. The van der Waals surface area contributed by atoms with Crippen LogP contribution in [0.1, 0.15) is 10.4 Å². The van der Waals surface area contributed by atoms with Crippen LogP contribution in [0.2, 0.25) is 10.0 Å². The summed E-state index contributed by atoms with van der Waals surface area (Å²) in [5.74, 6) is -0.524. The summed E-state index contributed by atoms with van der Waals surface area (Å²) in [6.45, 7) is 0. The molecule has 0 radical (unpaired) electrons. The number of hydrogen-bond acceptors (Lipinski definition) is 3. The molecular weight excluding hydrogens is 383 g/mol. The Bertz CT molecular complexity index is 737. The molecule has 0 saturated heterocycles. The van der Waals surface area contributed by atoms with Gasteiger partial charge in [-0.3, -0.25) is 14.9 Å². The van der Waals surface area contributed by atoms with E-state index in [1.807, 2.05) is 0 Å². The Balaban J connectivity index is 2.32. The highest BCUT2D eigenvalue weighted by molar-refractivity contribution is 9.10. The average molecular weight is 390 g/mol. The molecule has 0 heterocycles. The predicted molar refractivity (Wildman–Crippen MR) is 85.2 cm³/mol. The summed E-state index contributed by atoms with van der Waals surface area (Å²) >= 11 is 14.9. The summed E-state index contributed by atoms with van der Waals surface area (Å²) < 4.78 is 0.636. The zero-order chi connectivity index (χ0) is 15.6. The highest BCUT2D eigenvalue weighted by Crippen LogP contribution is 2.27. The molecule has 1 amide bonds. The third-order valence-electron chi connectivity index (χ3n) is 2.53. The summed E-state index contributed by atoms with van der Waals surface area (Å²) in [6, 6.07) is 8.57. The molecule has 21 heavy (non-hydrogen) atoms. The number of nitrogens with zero attached hydrogens (tertiary/aromatic N) is 1. The highest BCUT2D eigenvalue weighted by atomic mass is 79.9. The first-order chi connectivity index (χ1) is 9.86. The molecule has 2 aromatic carbocycles. The maximum Gasteiger partial charge on any atom is 0.271 e. The number of anilines is 1. The quantitative estimate of drug-likeness (QED) is 0.598. The van der Waals surface area contributed by atoms with E-state index in [2.05, 4.69) is 21.2 Å². The lowest BCUT2D eigenvalue weighted by molar-refractivity contribution is -0.384. The van der Waals surface area contributed by atoms with E-state index >= 15 is 0 Å². The molecule has 0 aliphatic rings. The Kier molecular flexibility index (Phi) is 4.82. The van der Waals surface area contributed by atoms with Crippen molar-refractivity contribution < 1.29 is 9.72 Å². The van der Waals surface area contributed by atoms with Gasteiger partial charge in [0.2, 0.25) is 0 Å². The van der Waals surface area contributed by atoms with Crippen molar-refractivity contribution in [2.75, 3.05) is 5.32 Å². The van der Waals surface area contributed by atoms with Gasteiger partial charge in [0.25, 0.3) is 11.6 Å². The number of amides is 1. The summed E-state index contributed by atoms with van der Waals surface area (Å²) in [7, 11) is 0. The minimum absolute atomic E-state index is 0.0843. The van der Waals surface area contributed by atoms with Crippen LogP contribution in [0, 0.1) is 10.1 Å². The summed E-state index contributed by atoms with van der Waals surface area (Å²) in [6.07, 6.45) is 0. The van der Waals surface area contributed by atoms with E-state index in [0.717, 1.165) is 6.07 Å². The van der Waals surface area contributed by atoms with Crippen molar-refractivity contribution in [3.8, 4) is 0 Å². The van der Waals surface area contributed by atoms with E-state index < -0.39 is 10.8 Å². The van der Waals surface area contributed by atoms with Crippen molar-refractivity contribution in [3.05, 3.63) is 66.6 Å². The van der Waals surface area contributed by atoms with Gasteiger partial charge in [-0.1, -0.05) is 23.2 Å². The SMILES string of the molecule is O=C(Nc1cc(Cl)ccc1Br)c1cc(Cl)cc([N+](=O)[O-])c1. The fourth-order valence-corrected chi connectivity index (χ4v) is 2.35. The molecule has 0 unspecified atom stereocenters. The summed E-state index contributed by atoms with van der Waals surface area (Å²) in [5.41, 5.74) is 0.286. The third kappa shape index (κ3) is 3.93. The molecule has 0 saturated carbocycles. The van der Waals surface area contributed by atoms with Crippen LogP contribution >= 0.6 is 39.1 Å². The van der Waals surface area contributed by atoms with E-state index in [9.17, 15) is 14.9 Å². The van der Waals surface area contributed by atoms with Crippen LogP contribution in [0.5, 0.6) is 0 Å². The number of non-ortho nitro benzene ring substituents is 1. The van der Waals surface area contributed by atoms with Crippen molar-refractivity contribution in [2.24, 2.45) is 0 Å². The number of halogens is 3. The maximum atomic E-state index is 12.1. The number of carbonyl (C=O) groups excluding carboxylic acids is 1. The van der Waals surface area contributed by atoms with Gasteiger partial charge in [0.1, 0.15) is 0 Å². The standard InChI is InChI=1S/C13H7BrCl2N2O3/c14-11-2-1-8(15)6-12(11)17-13(19)7-3-9(16)5-10(4-7)18(20)21/h1-6H,(H,17,19). The van der Waals surface area contributed by atoms with Crippen LogP contribution < -0.4 is 5.32 Å². The third-order valence-corrected chi connectivity index (χ3v) is 3.68. The van der Waals surface area contributed by atoms with Crippen LogP contribution in [-0.4, -0.2) is 10.8 Å². The van der Waals surface area contributed by atoms with Gasteiger partial charge >= 0.3 is 0 Å². The molecular formula is C13H7BrCl2N2O3. The van der Waals surface area contributed by atoms with Crippen molar-refractivity contribution in [1.29, 1.82) is 0 Å². The lowest BCUT2D eigenvalue weighted by atomic mass is 10.2. The first-order valence-electron chi connectivity index (χ1n) is 5.58. The number of hydrogen-bond donors (Lipinski definition) is 1. The molecule has 2 aromatic rings. The topological polar surface area (TPSA) is 72.2 Å². The molecule has 5 nitrogen and oxygen atoms in total. The molecule has 8 heteroatoms. The van der Waals surface area contributed by atoms with Gasteiger partial charge in [-0.25, -0.2) is 0 Å². The number of nitrogens with one attached hydrogen (secondary N) is 1. The second kappa shape index (κ2) is 6.43. The van der Waals surface area contributed by atoms with Crippen molar-refractivity contribution in [1.82, 2.24) is 0 Å². The molecule has 0 bridgehead atoms. The number of nitro groups is 1. The van der Waals surface area contributed by atoms with Crippen molar-refractivity contribution >= 4 is 56.4 Å². The van der Waals surface area contributed by atoms with Gasteiger partial charge < -0.3 is 5.32 Å². The zero-order valence-corrected chi connectivity index (χ0v) is 13.4. The smallest absolute Gasteiger partial charge is 0.271 e. The van der Waals surface area contributed by atoms with Gasteiger partial charge in [0, 0.05) is 32.2 Å². The molecule has 0 aromatic heterocycles. The number of nitro benzene ring substituents is 1. The fraction of sp³-hybridized carbons (Fsp3) is 0. The van der Waals surface area contributed by atoms with E-state index in [0.29, 0.717) is 15.2 Å². The normalized spacial score (nSPS) is 10.2. The molecule has 1 N–H and O–H groups in total. The Morgan fingerprint density at radius 2 is 1.86 bits per heavy atom. The Morgan fingerprint density at radius 3 is 2.52 bits per heavy atom. The second-order valence-electron chi connectivity index (χ2n) is 4.03. The van der Waals surface area contributed by atoms with Gasteiger partial charge in [0.15, 0.2) is 0 Å². The summed E-state index contributed by atoms with van der Waals surface area (Å²) in [5, 5.41) is 13.9. The van der Waals surface area contributed by atoms with Crippen LogP contribution in [-0.2, 0) is 0 Å². The first kappa shape index (κ1) is 15.8. The van der Waals surface area contributed by atoms with Gasteiger partial charge in [-0.15, -0.1) is 0 Å². The second-order valence-corrected chi connectivity index (χ2v) is 5.76. The average Bonchev–Trinajstić information content (AvgIpc) is 2.42. The van der Waals surface area contributed by atoms with E-state index in [1.54, 1.807) is 18.2 Å². The number of carbonyl (C=O) groups is 1. The van der Waals surface area contributed by atoms with E-state index in [-0.39, 0.29) is 16.3 Å². The molecule has 0 spiro atoms. The fourth-order valence-electron chi connectivity index (χ4n) is 1.60. The van der Waals surface area contributed by atoms with Gasteiger partial charge in [-0.2, -0.15) is 0 Å². The van der Waals surface area contributed by atoms with Gasteiger partial charge in [-0.05, 0) is 40.2 Å². The Hall–Kier alpha value is -1.63. The number of rotatable bonds is 3. The van der Waals surface area contributed by atoms with Crippen molar-refractivity contribution in [3.63, 3.8) is 0 Å². The van der Waals surface area contributed by atoms with Crippen molar-refractivity contribution in [2.45, 2.75) is 0 Å². The van der Waals surface area contributed by atoms with E-state index in [1.165, 1.54) is 12.1 Å². The Morgan fingerprint density at radius 1 is 1.14 bits per heavy atom. The number of benzene rings is 2. The van der Waals surface area contributed by atoms with Crippen LogP contribution in [0.3, 0.4) is 0 Å².